The van der Waals surface area contributed by atoms with Crippen LogP contribution in [0.3, 0.4) is 0 Å². The zero-order chi connectivity index (χ0) is 45.1. The minimum atomic E-state index is -0.811. The summed E-state index contributed by atoms with van der Waals surface area (Å²) in [7, 11) is 0. The summed E-state index contributed by atoms with van der Waals surface area (Å²) in [4.78, 5) is 65.4. The van der Waals surface area contributed by atoms with Gasteiger partial charge in [-0.1, -0.05) is 12.2 Å². The molecule has 8 rings (SSSR count). The van der Waals surface area contributed by atoms with Gasteiger partial charge in [0.05, 0.1) is 35.6 Å². The molecule has 1 fully saturated rings. The zero-order valence-corrected chi connectivity index (χ0v) is 36.3. The molecule has 1 saturated heterocycles. The second kappa shape index (κ2) is 18.7. The van der Waals surface area contributed by atoms with E-state index in [9.17, 15) is 23.6 Å². The first-order valence-corrected chi connectivity index (χ1v) is 21.6. The molecule has 1 atom stereocenters. The Bertz CT molecular complexity index is 2780. The van der Waals surface area contributed by atoms with E-state index in [1.165, 1.54) is 0 Å². The quantitative estimate of drug-likeness (QED) is 0.0981. The van der Waals surface area contributed by atoms with Crippen LogP contribution in [0, 0.1) is 13.8 Å². The van der Waals surface area contributed by atoms with E-state index in [1.807, 2.05) is 39.8 Å². The number of aryl methyl sites for hydroxylation is 4. The minimum Gasteiger partial charge on any atom is -0.491 e. The molecule has 2 aliphatic rings. The molecule has 0 unspecified atom stereocenters. The van der Waals surface area contributed by atoms with Gasteiger partial charge >= 0.3 is 0 Å². The molecule has 0 aliphatic carbocycles. The number of likely N-dealkylation sites (tertiary alicyclic amines) is 1. The van der Waals surface area contributed by atoms with E-state index in [0.29, 0.717) is 120 Å². The second-order valence-corrected chi connectivity index (χ2v) is 15.8. The Labute approximate surface area is 367 Å². The lowest BCUT2D eigenvalue weighted by molar-refractivity contribution is 0.0949. The Hall–Kier alpha value is -7.09. The van der Waals surface area contributed by atoms with Crippen molar-refractivity contribution in [3.05, 3.63) is 82.5 Å². The van der Waals surface area contributed by atoms with Crippen LogP contribution < -0.4 is 31.2 Å². The van der Waals surface area contributed by atoms with Crippen LogP contribution in [0.15, 0.2) is 48.6 Å². The number of aromatic nitrogens is 8. The van der Waals surface area contributed by atoms with Crippen LogP contribution in [0.1, 0.15) is 86.2 Å². The predicted molar refractivity (Wildman–Crippen MR) is 237 cm³/mol. The Kier molecular flexibility index (Phi) is 12.7. The van der Waals surface area contributed by atoms with Crippen LogP contribution in [0.4, 0.5) is 16.3 Å². The SMILES string of the molecule is CCn1nc(C)cc1C(=O)Nc1nc2cc(C(N)=O)cc3c2n1C/C=C/Cn1c(NC(=O)c2cc(C)nn2CC)nc2cc(C(=O)NCCCN4CC[C@H](F)C4)cc(c21)OCCCO3. The van der Waals surface area contributed by atoms with E-state index in [1.54, 1.807) is 54.9 Å². The van der Waals surface area contributed by atoms with Crippen LogP contribution in [0.2, 0.25) is 0 Å². The Morgan fingerprint density at radius 3 is 1.80 bits per heavy atom. The molecule has 64 heavy (non-hydrogen) atoms. The first-order valence-electron chi connectivity index (χ1n) is 21.6. The van der Waals surface area contributed by atoms with E-state index in [4.69, 9.17) is 25.2 Å². The number of hydrogen-bond donors (Lipinski definition) is 4. The van der Waals surface area contributed by atoms with Crippen LogP contribution in [-0.4, -0.2) is 113 Å². The maximum Gasteiger partial charge on any atom is 0.276 e. The highest BCUT2D eigenvalue weighted by atomic mass is 19.1. The van der Waals surface area contributed by atoms with Gasteiger partial charge in [-0.25, -0.2) is 14.4 Å². The molecule has 20 heteroatoms. The fraction of sp³-hybridized carbons (Fsp3) is 0.409. The molecule has 2 aromatic carbocycles. The number of halogens is 1. The van der Waals surface area contributed by atoms with E-state index >= 15 is 0 Å². The zero-order valence-electron chi connectivity index (χ0n) is 36.3. The van der Waals surface area contributed by atoms with Crippen LogP contribution >= 0.6 is 0 Å². The van der Waals surface area contributed by atoms with Crippen LogP contribution in [-0.2, 0) is 26.2 Å². The third kappa shape index (κ3) is 9.17. The molecule has 0 bridgehead atoms. The van der Waals surface area contributed by atoms with Crippen molar-refractivity contribution in [1.29, 1.82) is 0 Å². The van der Waals surface area contributed by atoms with Crippen molar-refractivity contribution in [2.45, 2.75) is 79.3 Å². The first-order chi connectivity index (χ1) is 30.9. The number of carbonyl (C=O) groups is 4. The smallest absolute Gasteiger partial charge is 0.276 e. The molecule has 336 valence electrons. The van der Waals surface area contributed by atoms with Gasteiger partial charge in [-0.05, 0) is 83.5 Å². The van der Waals surface area contributed by atoms with Crippen molar-refractivity contribution in [2.24, 2.45) is 5.73 Å². The number of amides is 4. The number of carbonyl (C=O) groups excluding carboxylic acids is 4. The van der Waals surface area contributed by atoms with Gasteiger partial charge in [0.25, 0.3) is 17.7 Å². The first kappa shape index (κ1) is 43.6. The number of nitrogens with zero attached hydrogens (tertiary/aromatic N) is 9. The number of rotatable bonds is 12. The minimum absolute atomic E-state index is 0.142. The van der Waals surface area contributed by atoms with Gasteiger partial charge in [0.2, 0.25) is 17.8 Å². The average Bonchev–Trinajstić information content (AvgIpc) is 4.10. The number of ether oxygens (including phenoxy) is 2. The van der Waals surface area contributed by atoms with Gasteiger partial charge in [-0.15, -0.1) is 0 Å². The van der Waals surface area contributed by atoms with E-state index in [-0.39, 0.29) is 49.7 Å². The molecule has 0 radical (unpaired) electrons. The summed E-state index contributed by atoms with van der Waals surface area (Å²) in [5.74, 6) is -0.753. The van der Waals surface area contributed by atoms with Crippen molar-refractivity contribution < 1.29 is 33.0 Å². The maximum atomic E-state index is 13.9. The third-order valence-electron chi connectivity index (χ3n) is 11.2. The molecule has 5 N–H and O–H groups in total. The van der Waals surface area contributed by atoms with Crippen molar-refractivity contribution in [3.63, 3.8) is 0 Å². The molecule has 0 saturated carbocycles. The largest absolute Gasteiger partial charge is 0.491 e. The van der Waals surface area contributed by atoms with Gasteiger partial charge < -0.3 is 34.6 Å². The standard InChI is InChI=1S/C44H52FN13O6/c1-5-57-33(19-26(3)52-57)41(61)50-43-48-31-21-28(39(46)59)23-35-37(31)55(43)14-7-8-15-56-38-32(49-44(56)51-42(62)34-20-27(4)53-58(34)6-2)22-29(24-36(38)64-18-10-17-63-35)40(60)47-12-9-13-54-16-11-30(45)25-54/h7-8,19-24,30H,5-6,9-18,25H2,1-4H3,(H2,46,59)(H,47,60)(H,48,50,61)(H,49,51,62)/b8-7+/t30-/m0/s1. The lowest BCUT2D eigenvalue weighted by Crippen LogP contribution is -2.29. The Balaban J connectivity index is 1.16. The monoisotopic (exact) mass is 877 g/mol. The molecule has 4 amide bonds. The second-order valence-electron chi connectivity index (χ2n) is 15.8. The molecule has 19 nitrogen and oxygen atoms in total. The Morgan fingerprint density at radius 2 is 1.30 bits per heavy atom. The topological polar surface area (TPSA) is 223 Å². The number of nitrogens with one attached hydrogen (secondary N) is 3. The van der Waals surface area contributed by atoms with Crippen molar-refractivity contribution in [2.75, 3.05) is 50.0 Å². The maximum absolute atomic E-state index is 13.9. The molecule has 0 spiro atoms. The molecule has 6 heterocycles. The third-order valence-corrected chi connectivity index (χ3v) is 11.2. The number of anilines is 2. The number of primary amides is 1. The molecule has 4 aromatic heterocycles. The fourth-order valence-electron chi connectivity index (χ4n) is 8.15. The highest BCUT2D eigenvalue weighted by Gasteiger charge is 2.25. The van der Waals surface area contributed by atoms with Crippen molar-refractivity contribution in [3.8, 4) is 11.5 Å². The molecular formula is C44H52FN13O6. The van der Waals surface area contributed by atoms with Crippen molar-refractivity contribution >= 4 is 57.6 Å². The Morgan fingerprint density at radius 1 is 0.766 bits per heavy atom. The van der Waals surface area contributed by atoms with Crippen LogP contribution in [0.5, 0.6) is 11.5 Å². The summed E-state index contributed by atoms with van der Waals surface area (Å²) in [5, 5.41) is 17.8. The normalized spacial score (nSPS) is 16.2. The molecule has 6 aromatic rings. The van der Waals surface area contributed by atoms with E-state index in [2.05, 4.69) is 31.0 Å². The number of hydrogen-bond acceptors (Lipinski definition) is 11. The fourth-order valence-corrected chi connectivity index (χ4v) is 8.15. The van der Waals surface area contributed by atoms with Gasteiger partial charge in [-0.3, -0.25) is 39.2 Å². The van der Waals surface area contributed by atoms with E-state index in [0.717, 1.165) is 0 Å². The highest BCUT2D eigenvalue weighted by Crippen LogP contribution is 2.34. The summed E-state index contributed by atoms with van der Waals surface area (Å²) in [6, 6.07) is 9.83. The van der Waals surface area contributed by atoms with Crippen molar-refractivity contribution in [1.82, 2.24) is 48.9 Å². The summed E-state index contributed by atoms with van der Waals surface area (Å²) in [6.07, 6.45) is 4.48. The number of alkyl halides is 1. The average molecular weight is 878 g/mol. The van der Waals surface area contributed by atoms with Gasteiger partial charge in [0.15, 0.2) is 0 Å². The lowest BCUT2D eigenvalue weighted by Gasteiger charge is -2.15. The number of allylic oxidation sites excluding steroid dienone is 2. The molecule has 2 aliphatic heterocycles. The number of nitrogens with two attached hydrogens (primary N) is 1. The van der Waals surface area contributed by atoms with Gasteiger partial charge in [0, 0.05) is 63.4 Å². The summed E-state index contributed by atoms with van der Waals surface area (Å²) in [5.41, 5.74) is 10.2. The number of benzene rings is 2. The summed E-state index contributed by atoms with van der Waals surface area (Å²) < 4.78 is 33.3. The summed E-state index contributed by atoms with van der Waals surface area (Å²) >= 11 is 0. The molecular weight excluding hydrogens is 826 g/mol. The van der Waals surface area contributed by atoms with Gasteiger partial charge in [0.1, 0.15) is 40.1 Å². The summed E-state index contributed by atoms with van der Waals surface area (Å²) in [6.45, 7) is 11.2. The number of imidazole rings is 2. The van der Waals surface area contributed by atoms with E-state index < -0.39 is 23.9 Å². The van der Waals surface area contributed by atoms with Gasteiger partial charge in [-0.2, -0.15) is 10.2 Å². The van der Waals surface area contributed by atoms with Crippen LogP contribution in [0.25, 0.3) is 22.1 Å². The predicted octanol–water partition coefficient (Wildman–Crippen LogP) is 4.62. The lowest BCUT2D eigenvalue weighted by atomic mass is 10.1. The highest BCUT2D eigenvalue weighted by molar-refractivity contribution is 6.05.